The first-order valence-electron chi connectivity index (χ1n) is 14.5. The lowest BCUT2D eigenvalue weighted by molar-refractivity contribution is -0.128. The van der Waals surface area contributed by atoms with E-state index in [2.05, 4.69) is 26.2 Å². The summed E-state index contributed by atoms with van der Waals surface area (Å²) >= 11 is 0. The van der Waals surface area contributed by atoms with E-state index in [0.29, 0.717) is 63.8 Å². The fraction of sp³-hybridized carbons (Fsp3) is 0.452. The van der Waals surface area contributed by atoms with Gasteiger partial charge in [-0.05, 0) is 31.4 Å². The number of fused-ring (bicyclic) bond motifs is 2. The molecule has 10 nitrogen and oxygen atoms in total. The van der Waals surface area contributed by atoms with Crippen LogP contribution in [0.3, 0.4) is 0 Å². The summed E-state index contributed by atoms with van der Waals surface area (Å²) in [6, 6.07) is 5.03. The molecule has 4 heterocycles. The van der Waals surface area contributed by atoms with E-state index in [1.807, 2.05) is 6.07 Å². The van der Waals surface area contributed by atoms with Crippen LogP contribution in [-0.4, -0.2) is 83.8 Å². The summed E-state index contributed by atoms with van der Waals surface area (Å²) in [5.74, 6) is 0.318. The minimum absolute atomic E-state index is 0.169. The van der Waals surface area contributed by atoms with Gasteiger partial charge >= 0.3 is 6.01 Å². The monoisotopic (exact) mass is 571 g/mol. The van der Waals surface area contributed by atoms with Gasteiger partial charge in [0.1, 0.15) is 17.7 Å². The van der Waals surface area contributed by atoms with Crippen LogP contribution in [0.25, 0.3) is 15.6 Å². The third-order valence-corrected chi connectivity index (χ3v) is 8.02. The Kier molecular flexibility index (Phi) is 8.15. The van der Waals surface area contributed by atoms with Crippen molar-refractivity contribution in [3.63, 3.8) is 0 Å². The molecule has 3 aliphatic rings. The predicted molar refractivity (Wildman–Crippen MR) is 157 cm³/mol. The number of halogens is 1. The summed E-state index contributed by atoms with van der Waals surface area (Å²) in [5, 5.41) is 1.29. The highest BCUT2D eigenvalue weighted by Crippen LogP contribution is 2.35. The van der Waals surface area contributed by atoms with Crippen LogP contribution in [0.1, 0.15) is 30.5 Å². The van der Waals surface area contributed by atoms with E-state index in [1.165, 1.54) is 12.1 Å². The van der Waals surface area contributed by atoms with Crippen LogP contribution in [0, 0.1) is 12.4 Å². The van der Waals surface area contributed by atoms with Crippen LogP contribution in [0.5, 0.6) is 6.01 Å². The maximum atomic E-state index is 15.0. The molecule has 2 fully saturated rings. The molecule has 6 rings (SSSR count). The number of carbonyl (C=O) groups is 1. The van der Waals surface area contributed by atoms with E-state index >= 15 is 0 Å². The Hall–Kier alpha value is -4.30. The van der Waals surface area contributed by atoms with Gasteiger partial charge in [0.15, 0.2) is 0 Å². The molecule has 42 heavy (non-hydrogen) atoms. The number of carbonyl (C=O) groups excluding carboxylic acids is 1. The highest BCUT2D eigenvalue weighted by molar-refractivity contribution is 5.94. The summed E-state index contributed by atoms with van der Waals surface area (Å²) in [7, 11) is 0. The normalized spacial score (nSPS) is 18.5. The summed E-state index contributed by atoms with van der Waals surface area (Å²) in [6.45, 7) is 14.9. The van der Waals surface area contributed by atoms with Gasteiger partial charge < -0.3 is 29.0 Å². The first-order valence-corrected chi connectivity index (χ1v) is 14.5. The molecule has 11 heteroatoms. The number of rotatable bonds is 10. The lowest BCUT2D eigenvalue weighted by Gasteiger charge is -2.41. The van der Waals surface area contributed by atoms with Gasteiger partial charge in [0.2, 0.25) is 12.5 Å². The maximum absolute atomic E-state index is 15.0. The van der Waals surface area contributed by atoms with Crippen LogP contribution >= 0.6 is 0 Å². The Morgan fingerprint density at radius 2 is 2.05 bits per heavy atom. The number of hydrogen-bond donors (Lipinski definition) is 0. The Balaban J connectivity index is 1.29. The second-order valence-corrected chi connectivity index (χ2v) is 10.9. The Labute approximate surface area is 244 Å². The van der Waals surface area contributed by atoms with Crippen molar-refractivity contribution in [2.45, 2.75) is 44.4 Å². The molecule has 0 bridgehead atoms. The topological polar surface area (TPSA) is 88.3 Å². The Bertz CT molecular complexity index is 1520. The number of ether oxygens (including phenoxy) is 2. The minimum Gasteiger partial charge on any atom is -0.463 e. The zero-order valence-electron chi connectivity index (χ0n) is 23.5. The lowest BCUT2D eigenvalue weighted by atomic mass is 10.0. The van der Waals surface area contributed by atoms with E-state index < -0.39 is 0 Å². The Morgan fingerprint density at radius 3 is 2.86 bits per heavy atom. The van der Waals surface area contributed by atoms with Crippen molar-refractivity contribution < 1.29 is 18.7 Å². The highest BCUT2D eigenvalue weighted by Gasteiger charge is 2.35. The Morgan fingerprint density at radius 1 is 1.17 bits per heavy atom. The molecule has 1 aliphatic carbocycles. The number of nitrogens with zero attached hydrogens (tertiary/aromatic N) is 7. The average Bonchev–Trinajstić information content (AvgIpc) is 3.84. The summed E-state index contributed by atoms with van der Waals surface area (Å²) in [4.78, 5) is 36.1. The van der Waals surface area contributed by atoms with Gasteiger partial charge in [-0.15, -0.1) is 0 Å². The molecule has 1 saturated heterocycles. The van der Waals surface area contributed by atoms with Crippen LogP contribution < -0.4 is 14.5 Å². The fourth-order valence-electron chi connectivity index (χ4n) is 5.76. The maximum Gasteiger partial charge on any atom is 0.318 e. The molecule has 1 amide bonds. The van der Waals surface area contributed by atoms with Crippen LogP contribution in [-0.2, 0) is 22.5 Å². The SMILES string of the molecule is [C-]#[N+]C[C@H]1CN(c2nc(OCCCOC3CC3)nc3c2CCN(c2cncc4cccc(F)c24)C3)CCN1C(=O)C=C. The van der Waals surface area contributed by atoms with E-state index in [1.54, 1.807) is 23.4 Å². The molecule has 218 valence electrons. The summed E-state index contributed by atoms with van der Waals surface area (Å²) < 4.78 is 26.8. The molecular weight excluding hydrogens is 537 g/mol. The second kappa shape index (κ2) is 12.3. The number of benzene rings is 1. The van der Waals surface area contributed by atoms with Gasteiger partial charge in [-0.2, -0.15) is 9.97 Å². The third-order valence-electron chi connectivity index (χ3n) is 8.02. The molecule has 0 unspecified atom stereocenters. The van der Waals surface area contributed by atoms with Gasteiger partial charge in [0, 0.05) is 55.1 Å². The van der Waals surface area contributed by atoms with Crippen molar-refractivity contribution in [3.8, 4) is 6.01 Å². The zero-order chi connectivity index (χ0) is 29.1. The van der Waals surface area contributed by atoms with Gasteiger partial charge in [0.25, 0.3) is 0 Å². The van der Waals surface area contributed by atoms with Crippen molar-refractivity contribution in [1.82, 2.24) is 19.9 Å². The third kappa shape index (κ3) is 5.85. The first kappa shape index (κ1) is 27.8. The fourth-order valence-corrected chi connectivity index (χ4v) is 5.76. The first-order chi connectivity index (χ1) is 20.6. The molecular formula is C31H34FN7O3. The standard InChI is InChI=1S/C31H34FN7O3/c1-3-28(40)39-13-12-38(19-22(39)17-33-2)30-24-10-11-37(27-18-34-16-21-6-4-7-25(32)29(21)27)20-26(24)35-31(36-30)42-15-5-14-41-23-8-9-23/h3-4,6-7,16,18,22-23H,1,5,8-15,17,19-20H2/t22-/m0/s1. The molecule has 1 saturated carbocycles. The highest BCUT2D eigenvalue weighted by atomic mass is 19.1. The number of piperazine rings is 1. The molecule has 0 N–H and O–H groups in total. The molecule has 1 atom stereocenters. The van der Waals surface area contributed by atoms with E-state index in [9.17, 15) is 9.18 Å². The van der Waals surface area contributed by atoms with Crippen molar-refractivity contribution in [2.24, 2.45) is 0 Å². The summed E-state index contributed by atoms with van der Waals surface area (Å²) in [5.41, 5.74) is 2.55. The molecule has 3 aromatic rings. The van der Waals surface area contributed by atoms with Crippen molar-refractivity contribution in [3.05, 3.63) is 71.7 Å². The molecule has 1 aromatic carbocycles. The van der Waals surface area contributed by atoms with Crippen LogP contribution in [0.4, 0.5) is 15.9 Å². The second-order valence-electron chi connectivity index (χ2n) is 10.9. The molecule has 0 radical (unpaired) electrons. The van der Waals surface area contributed by atoms with Gasteiger partial charge in [-0.25, -0.2) is 11.0 Å². The number of hydrogen-bond acceptors (Lipinski definition) is 8. The van der Waals surface area contributed by atoms with E-state index in [0.717, 1.165) is 47.4 Å². The number of pyridine rings is 1. The quantitative estimate of drug-likeness (QED) is 0.206. The summed E-state index contributed by atoms with van der Waals surface area (Å²) in [6.07, 6.45) is 8.72. The predicted octanol–water partition coefficient (Wildman–Crippen LogP) is 3.80. The molecule has 0 spiro atoms. The van der Waals surface area contributed by atoms with Crippen LogP contribution in [0.2, 0.25) is 0 Å². The number of anilines is 2. The van der Waals surface area contributed by atoms with Gasteiger partial charge in [-0.3, -0.25) is 9.78 Å². The minimum atomic E-state index is -0.283. The zero-order valence-corrected chi connectivity index (χ0v) is 23.5. The number of aromatic nitrogens is 3. The van der Waals surface area contributed by atoms with Crippen LogP contribution in [0.15, 0.2) is 43.2 Å². The van der Waals surface area contributed by atoms with Gasteiger partial charge in [-0.1, -0.05) is 18.7 Å². The average molecular weight is 572 g/mol. The largest absolute Gasteiger partial charge is 0.463 e. The van der Waals surface area contributed by atoms with Crippen molar-refractivity contribution in [2.75, 3.05) is 55.7 Å². The van der Waals surface area contributed by atoms with E-state index in [-0.39, 0.29) is 30.3 Å². The molecule has 2 aliphatic heterocycles. The van der Waals surface area contributed by atoms with E-state index in [4.69, 9.17) is 26.0 Å². The smallest absolute Gasteiger partial charge is 0.318 e. The van der Waals surface area contributed by atoms with Crippen molar-refractivity contribution in [1.29, 1.82) is 0 Å². The van der Waals surface area contributed by atoms with Gasteiger partial charge in [0.05, 0.1) is 43.4 Å². The van der Waals surface area contributed by atoms with Crippen molar-refractivity contribution >= 4 is 28.2 Å². The molecule has 2 aromatic heterocycles. The number of amides is 1. The lowest BCUT2D eigenvalue weighted by Crippen LogP contribution is -2.56.